The van der Waals surface area contributed by atoms with E-state index in [2.05, 4.69) is 29.4 Å². The summed E-state index contributed by atoms with van der Waals surface area (Å²) in [6.45, 7) is 13.5. The summed E-state index contributed by atoms with van der Waals surface area (Å²) in [5.74, 6) is 2.01. The Morgan fingerprint density at radius 2 is 1.96 bits per heavy atom. The molecule has 7 heteroatoms. The van der Waals surface area contributed by atoms with E-state index in [1.807, 2.05) is 11.8 Å². The molecule has 158 valence electrons. The number of hydrogen-bond donors (Lipinski definition) is 2. The number of piperidine rings is 1. The minimum Gasteiger partial charge on any atom is -0.357 e. The highest BCUT2D eigenvalue weighted by molar-refractivity contribution is 14.0. The molecule has 2 unspecified atom stereocenters. The van der Waals surface area contributed by atoms with Gasteiger partial charge in [-0.1, -0.05) is 13.8 Å². The third-order valence-electron chi connectivity index (χ3n) is 5.42. The summed E-state index contributed by atoms with van der Waals surface area (Å²) < 4.78 is 0. The first-order chi connectivity index (χ1) is 12.6. The fourth-order valence-electron chi connectivity index (χ4n) is 3.97. The van der Waals surface area contributed by atoms with Crippen LogP contribution in [0.25, 0.3) is 0 Å². The number of hydrogen-bond acceptors (Lipinski definition) is 3. The second kappa shape index (κ2) is 13.6. The molecule has 27 heavy (non-hydrogen) atoms. The highest BCUT2D eigenvalue weighted by Gasteiger charge is 2.25. The lowest BCUT2D eigenvalue weighted by molar-refractivity contribution is -0.129. The Morgan fingerprint density at radius 3 is 2.67 bits per heavy atom. The van der Waals surface area contributed by atoms with Crippen LogP contribution in [0.1, 0.15) is 59.3 Å². The van der Waals surface area contributed by atoms with Gasteiger partial charge in [0.25, 0.3) is 0 Å². The van der Waals surface area contributed by atoms with E-state index in [0.29, 0.717) is 12.5 Å². The number of carbonyl (C=O) groups is 1. The van der Waals surface area contributed by atoms with Crippen LogP contribution in [0.5, 0.6) is 0 Å². The zero-order valence-corrected chi connectivity index (χ0v) is 19.8. The quantitative estimate of drug-likeness (QED) is 0.236. The SMILES string of the molecule is CCNC(=NCCCCN1CCCC(C)C1)NC1CCN(C(=O)CC)C1.I. The minimum absolute atomic E-state index is 0. The lowest BCUT2D eigenvalue weighted by Crippen LogP contribution is -2.45. The van der Waals surface area contributed by atoms with Crippen LogP contribution < -0.4 is 10.6 Å². The van der Waals surface area contributed by atoms with Crippen molar-refractivity contribution in [3.05, 3.63) is 0 Å². The molecule has 2 fully saturated rings. The molecule has 0 aromatic heterocycles. The summed E-state index contributed by atoms with van der Waals surface area (Å²) in [4.78, 5) is 21.1. The van der Waals surface area contributed by atoms with Crippen LogP contribution in [-0.4, -0.2) is 73.5 Å². The number of carbonyl (C=O) groups excluding carboxylic acids is 1. The predicted molar refractivity (Wildman–Crippen MR) is 124 cm³/mol. The van der Waals surface area contributed by atoms with Gasteiger partial charge in [-0.15, -0.1) is 24.0 Å². The maximum absolute atomic E-state index is 11.8. The molecular formula is C20H40IN5O. The van der Waals surface area contributed by atoms with Crippen molar-refractivity contribution in [2.24, 2.45) is 10.9 Å². The van der Waals surface area contributed by atoms with E-state index in [0.717, 1.165) is 50.9 Å². The Bertz CT molecular complexity index is 460. The number of guanidine groups is 1. The molecule has 2 heterocycles. The molecule has 0 bridgehead atoms. The Balaban J connectivity index is 0.00000364. The molecule has 2 aliphatic rings. The Kier molecular flexibility index (Phi) is 12.3. The number of aliphatic imine (C=N–C) groups is 1. The van der Waals surface area contributed by atoms with Gasteiger partial charge in [-0.2, -0.15) is 0 Å². The topological polar surface area (TPSA) is 60.0 Å². The van der Waals surface area contributed by atoms with Crippen molar-refractivity contribution in [3.63, 3.8) is 0 Å². The highest BCUT2D eigenvalue weighted by atomic mass is 127. The number of likely N-dealkylation sites (tertiary alicyclic amines) is 2. The summed E-state index contributed by atoms with van der Waals surface area (Å²) in [6.07, 6.45) is 6.69. The van der Waals surface area contributed by atoms with Crippen LogP contribution in [-0.2, 0) is 4.79 Å². The third kappa shape index (κ3) is 8.98. The van der Waals surface area contributed by atoms with Crippen LogP contribution in [0.15, 0.2) is 4.99 Å². The average molecular weight is 493 g/mol. The van der Waals surface area contributed by atoms with Crippen LogP contribution in [0.4, 0.5) is 0 Å². The Labute approximate surface area is 182 Å². The fourth-order valence-corrected chi connectivity index (χ4v) is 3.97. The molecule has 2 N–H and O–H groups in total. The van der Waals surface area contributed by atoms with E-state index in [1.165, 1.54) is 38.9 Å². The summed E-state index contributed by atoms with van der Waals surface area (Å²) in [6, 6.07) is 0.318. The van der Waals surface area contributed by atoms with Gasteiger partial charge in [0.05, 0.1) is 0 Å². The van der Waals surface area contributed by atoms with Gasteiger partial charge >= 0.3 is 0 Å². The largest absolute Gasteiger partial charge is 0.357 e. The lowest BCUT2D eigenvalue weighted by atomic mass is 10.0. The molecule has 2 aliphatic heterocycles. The normalized spacial score (nSPS) is 23.8. The molecule has 0 aromatic rings. The van der Waals surface area contributed by atoms with Crippen molar-refractivity contribution in [1.29, 1.82) is 0 Å². The monoisotopic (exact) mass is 493 g/mol. The zero-order chi connectivity index (χ0) is 18.8. The van der Waals surface area contributed by atoms with E-state index in [1.54, 1.807) is 0 Å². The second-order valence-corrected chi connectivity index (χ2v) is 7.84. The number of amides is 1. The molecule has 6 nitrogen and oxygen atoms in total. The maximum Gasteiger partial charge on any atom is 0.222 e. The van der Waals surface area contributed by atoms with Crippen molar-refractivity contribution in [1.82, 2.24) is 20.4 Å². The standard InChI is InChI=1S/C20H39N5O.HI/c1-4-19(26)25-14-10-18(16-25)23-20(21-5-2)22-11-6-7-12-24-13-8-9-17(3)15-24;/h17-18H,4-16H2,1-3H3,(H2,21,22,23);1H. The first-order valence-electron chi connectivity index (χ1n) is 10.7. The van der Waals surface area contributed by atoms with Crippen LogP contribution in [0.3, 0.4) is 0 Å². The number of nitrogens with one attached hydrogen (secondary N) is 2. The molecule has 0 aromatic carbocycles. The van der Waals surface area contributed by atoms with Gasteiger partial charge in [-0.25, -0.2) is 0 Å². The molecule has 0 saturated carbocycles. The minimum atomic E-state index is 0. The van der Waals surface area contributed by atoms with Crippen molar-refractivity contribution >= 4 is 35.8 Å². The summed E-state index contributed by atoms with van der Waals surface area (Å²) in [5.41, 5.74) is 0. The molecule has 1 amide bonds. The van der Waals surface area contributed by atoms with E-state index in [4.69, 9.17) is 4.99 Å². The lowest BCUT2D eigenvalue weighted by Gasteiger charge is -2.30. The van der Waals surface area contributed by atoms with Gasteiger partial charge < -0.3 is 20.4 Å². The molecule has 2 saturated heterocycles. The summed E-state index contributed by atoms with van der Waals surface area (Å²) in [5, 5.41) is 6.85. The number of unbranched alkanes of at least 4 members (excludes halogenated alkanes) is 1. The van der Waals surface area contributed by atoms with E-state index < -0.39 is 0 Å². The summed E-state index contributed by atoms with van der Waals surface area (Å²) >= 11 is 0. The smallest absolute Gasteiger partial charge is 0.222 e. The van der Waals surface area contributed by atoms with Gasteiger partial charge in [0.15, 0.2) is 5.96 Å². The third-order valence-corrected chi connectivity index (χ3v) is 5.42. The van der Waals surface area contributed by atoms with Crippen LogP contribution in [0.2, 0.25) is 0 Å². The van der Waals surface area contributed by atoms with E-state index in [-0.39, 0.29) is 29.9 Å². The molecule has 0 aliphatic carbocycles. The van der Waals surface area contributed by atoms with Gasteiger partial charge in [-0.05, 0) is 58.0 Å². The van der Waals surface area contributed by atoms with Crippen molar-refractivity contribution < 1.29 is 4.79 Å². The number of rotatable bonds is 8. The van der Waals surface area contributed by atoms with Crippen molar-refractivity contribution in [2.45, 2.75) is 65.3 Å². The molecule has 0 spiro atoms. The van der Waals surface area contributed by atoms with Gasteiger partial charge in [-0.3, -0.25) is 9.79 Å². The fraction of sp³-hybridized carbons (Fsp3) is 0.900. The zero-order valence-electron chi connectivity index (χ0n) is 17.5. The number of nitrogens with zero attached hydrogens (tertiary/aromatic N) is 3. The van der Waals surface area contributed by atoms with Gasteiger partial charge in [0.1, 0.15) is 0 Å². The van der Waals surface area contributed by atoms with E-state index in [9.17, 15) is 4.79 Å². The first kappa shape index (κ1) is 24.5. The first-order valence-corrected chi connectivity index (χ1v) is 10.7. The molecule has 0 radical (unpaired) electrons. The van der Waals surface area contributed by atoms with Crippen LogP contribution in [0, 0.1) is 5.92 Å². The van der Waals surface area contributed by atoms with Gasteiger partial charge in [0.2, 0.25) is 5.91 Å². The summed E-state index contributed by atoms with van der Waals surface area (Å²) in [7, 11) is 0. The molecular weight excluding hydrogens is 453 g/mol. The van der Waals surface area contributed by atoms with Crippen molar-refractivity contribution in [3.8, 4) is 0 Å². The molecule has 2 atom stereocenters. The second-order valence-electron chi connectivity index (χ2n) is 7.84. The van der Waals surface area contributed by atoms with Crippen LogP contribution >= 0.6 is 24.0 Å². The highest BCUT2D eigenvalue weighted by Crippen LogP contribution is 2.15. The Morgan fingerprint density at radius 1 is 1.15 bits per heavy atom. The number of halogens is 1. The predicted octanol–water partition coefficient (Wildman–Crippen LogP) is 2.68. The maximum atomic E-state index is 11.8. The van der Waals surface area contributed by atoms with Crippen molar-refractivity contribution in [2.75, 3.05) is 45.8 Å². The van der Waals surface area contributed by atoms with Gasteiger partial charge in [0, 0.05) is 45.2 Å². The Hall–Kier alpha value is -0.570. The molecule has 2 rings (SSSR count). The average Bonchev–Trinajstić information content (AvgIpc) is 3.09. The van der Waals surface area contributed by atoms with E-state index >= 15 is 0 Å².